The lowest BCUT2D eigenvalue weighted by atomic mass is 10.2. The van der Waals surface area contributed by atoms with Crippen molar-refractivity contribution in [1.29, 1.82) is 0 Å². The molecule has 3 heterocycles. The summed E-state index contributed by atoms with van der Waals surface area (Å²) < 4.78 is 19.5. The summed E-state index contributed by atoms with van der Waals surface area (Å²) in [6.07, 6.45) is 1.46. The van der Waals surface area contributed by atoms with Crippen molar-refractivity contribution in [2.45, 2.75) is 0 Å². The van der Waals surface area contributed by atoms with Gasteiger partial charge >= 0.3 is 0 Å². The molecule has 5 aromatic rings. The van der Waals surface area contributed by atoms with Gasteiger partial charge in [-0.15, -0.1) is 20.4 Å². The van der Waals surface area contributed by atoms with Crippen molar-refractivity contribution in [2.75, 3.05) is 27.4 Å². The monoisotopic (exact) mass is 487 g/mol. The number of carbonyl (C=O) groups is 1. The van der Waals surface area contributed by atoms with Crippen molar-refractivity contribution in [3.63, 3.8) is 0 Å². The molecule has 0 atom stereocenters. The van der Waals surface area contributed by atoms with Gasteiger partial charge in [-0.05, 0) is 52.9 Å². The highest BCUT2D eigenvalue weighted by Crippen LogP contribution is 2.31. The average molecular weight is 487 g/mol. The van der Waals surface area contributed by atoms with Crippen LogP contribution < -0.4 is 19.5 Å². The molecule has 5 rings (SSSR count). The average Bonchev–Trinajstić information content (AvgIpc) is 3.61. The normalized spacial score (nSPS) is 10.8. The minimum atomic E-state index is -0.244. The van der Waals surface area contributed by atoms with E-state index in [4.69, 9.17) is 14.2 Å². The summed E-state index contributed by atoms with van der Waals surface area (Å²) in [7, 11) is 3.14. The SMILES string of the molecule is COc1ccc(-c2nnc3ccc(OCCNC(=O)c4cccc(-n5cnnn5)c4)nn23)cc1OC. The molecule has 0 aliphatic rings. The summed E-state index contributed by atoms with van der Waals surface area (Å²) in [5.41, 5.74) is 2.47. The number of ether oxygens (including phenoxy) is 3. The van der Waals surface area contributed by atoms with Crippen LogP contribution in [0.1, 0.15) is 10.4 Å². The molecule has 13 heteroatoms. The minimum absolute atomic E-state index is 0.213. The summed E-state index contributed by atoms with van der Waals surface area (Å²) >= 11 is 0. The maximum absolute atomic E-state index is 12.5. The van der Waals surface area contributed by atoms with E-state index in [9.17, 15) is 4.79 Å². The number of methoxy groups -OCH3 is 2. The first-order valence-electron chi connectivity index (χ1n) is 10.9. The van der Waals surface area contributed by atoms with Crippen molar-refractivity contribution in [2.24, 2.45) is 0 Å². The second kappa shape index (κ2) is 10.0. The fourth-order valence-electron chi connectivity index (χ4n) is 3.50. The largest absolute Gasteiger partial charge is 0.493 e. The highest BCUT2D eigenvalue weighted by Gasteiger charge is 2.14. The van der Waals surface area contributed by atoms with Crippen molar-refractivity contribution in [1.82, 2.24) is 45.3 Å². The number of carbonyl (C=O) groups excluding carboxylic acids is 1. The number of rotatable bonds is 9. The van der Waals surface area contributed by atoms with E-state index in [0.717, 1.165) is 5.56 Å². The summed E-state index contributed by atoms with van der Waals surface area (Å²) in [6, 6.07) is 15.9. The van der Waals surface area contributed by atoms with E-state index in [1.54, 1.807) is 67.3 Å². The van der Waals surface area contributed by atoms with Gasteiger partial charge in [0.25, 0.3) is 5.91 Å². The highest BCUT2D eigenvalue weighted by atomic mass is 16.5. The van der Waals surface area contributed by atoms with Gasteiger partial charge in [-0.2, -0.15) is 4.52 Å². The fourth-order valence-corrected chi connectivity index (χ4v) is 3.50. The number of fused-ring (bicyclic) bond motifs is 1. The molecule has 36 heavy (non-hydrogen) atoms. The van der Waals surface area contributed by atoms with E-state index in [2.05, 4.69) is 36.1 Å². The molecule has 13 nitrogen and oxygen atoms in total. The Morgan fingerprint density at radius 3 is 2.69 bits per heavy atom. The van der Waals surface area contributed by atoms with Crippen LogP contribution in [0.3, 0.4) is 0 Å². The lowest BCUT2D eigenvalue weighted by Gasteiger charge is -2.09. The van der Waals surface area contributed by atoms with Gasteiger partial charge in [-0.1, -0.05) is 6.07 Å². The van der Waals surface area contributed by atoms with Gasteiger partial charge in [-0.3, -0.25) is 4.79 Å². The molecule has 0 radical (unpaired) electrons. The third-order valence-corrected chi connectivity index (χ3v) is 5.24. The lowest BCUT2D eigenvalue weighted by molar-refractivity contribution is 0.0946. The smallest absolute Gasteiger partial charge is 0.251 e. The van der Waals surface area contributed by atoms with Crippen molar-refractivity contribution < 1.29 is 19.0 Å². The molecule has 1 N–H and O–H groups in total. The first-order chi connectivity index (χ1) is 17.7. The van der Waals surface area contributed by atoms with Gasteiger partial charge in [0.2, 0.25) is 5.88 Å². The first-order valence-corrected chi connectivity index (χ1v) is 10.9. The van der Waals surface area contributed by atoms with Crippen LogP contribution in [0.5, 0.6) is 17.4 Å². The highest BCUT2D eigenvalue weighted by molar-refractivity contribution is 5.94. The summed E-state index contributed by atoms with van der Waals surface area (Å²) in [6.45, 7) is 0.489. The van der Waals surface area contributed by atoms with Gasteiger partial charge in [0, 0.05) is 17.2 Å². The Balaban J connectivity index is 1.23. The van der Waals surface area contributed by atoms with Crippen LogP contribution in [-0.2, 0) is 0 Å². The number of nitrogens with zero attached hydrogens (tertiary/aromatic N) is 8. The van der Waals surface area contributed by atoms with Gasteiger partial charge < -0.3 is 19.5 Å². The zero-order valence-electron chi connectivity index (χ0n) is 19.4. The maximum atomic E-state index is 12.5. The predicted octanol–water partition coefficient (Wildman–Crippen LogP) is 1.59. The molecule has 0 spiro atoms. The Kier molecular flexibility index (Phi) is 6.34. The maximum Gasteiger partial charge on any atom is 0.251 e. The van der Waals surface area contributed by atoms with E-state index in [1.807, 2.05) is 6.07 Å². The zero-order chi connectivity index (χ0) is 24.9. The number of hydrogen-bond donors (Lipinski definition) is 1. The number of nitrogens with one attached hydrogen (secondary N) is 1. The number of aromatic nitrogens is 8. The molecule has 0 fully saturated rings. The summed E-state index contributed by atoms with van der Waals surface area (Å²) in [4.78, 5) is 12.5. The van der Waals surface area contributed by atoms with E-state index < -0.39 is 0 Å². The molecule has 3 aromatic heterocycles. The van der Waals surface area contributed by atoms with Crippen LogP contribution >= 0.6 is 0 Å². The topological polar surface area (TPSA) is 143 Å². The molecule has 0 bridgehead atoms. The number of amides is 1. The minimum Gasteiger partial charge on any atom is -0.493 e. The molecular weight excluding hydrogens is 466 g/mol. The van der Waals surface area contributed by atoms with Gasteiger partial charge in [0.15, 0.2) is 23.0 Å². The Morgan fingerprint density at radius 1 is 1.00 bits per heavy atom. The molecule has 0 aliphatic heterocycles. The van der Waals surface area contributed by atoms with E-state index in [1.165, 1.54) is 11.0 Å². The van der Waals surface area contributed by atoms with E-state index >= 15 is 0 Å². The van der Waals surface area contributed by atoms with Crippen molar-refractivity contribution >= 4 is 11.6 Å². The predicted molar refractivity (Wildman–Crippen MR) is 126 cm³/mol. The second-order valence-electron chi connectivity index (χ2n) is 7.44. The van der Waals surface area contributed by atoms with Gasteiger partial charge in [0.05, 0.1) is 26.5 Å². The Labute approximate surface area is 204 Å². The quantitative estimate of drug-likeness (QED) is 0.304. The zero-order valence-corrected chi connectivity index (χ0v) is 19.4. The standard InChI is InChI=1S/C23H21N9O4/c1-34-18-7-6-15(13-19(18)35-2)22-27-26-20-8-9-21(28-32(20)22)36-11-10-24-23(33)16-4-3-5-17(12-16)31-14-25-29-30-31/h3-9,12-14H,10-11H2,1-2H3,(H,24,33). The molecular formula is C23H21N9O4. The number of tetrazole rings is 1. The van der Waals surface area contributed by atoms with Crippen molar-refractivity contribution in [3.8, 4) is 34.5 Å². The van der Waals surface area contributed by atoms with Gasteiger partial charge in [-0.25, -0.2) is 4.68 Å². The molecule has 0 aliphatic carbocycles. The van der Waals surface area contributed by atoms with Crippen LogP contribution in [0, 0.1) is 0 Å². The Bertz CT molecular complexity index is 1500. The molecule has 0 saturated heterocycles. The number of hydrogen-bond acceptors (Lipinski definition) is 10. The van der Waals surface area contributed by atoms with E-state index in [0.29, 0.717) is 40.1 Å². The molecule has 2 aromatic carbocycles. The van der Waals surface area contributed by atoms with E-state index in [-0.39, 0.29) is 19.1 Å². The van der Waals surface area contributed by atoms with Crippen LogP contribution in [0.15, 0.2) is 60.9 Å². The molecule has 1 amide bonds. The summed E-state index contributed by atoms with van der Waals surface area (Å²) in [5.74, 6) is 1.81. The van der Waals surface area contributed by atoms with Crippen LogP contribution in [0.2, 0.25) is 0 Å². The molecule has 182 valence electrons. The van der Waals surface area contributed by atoms with Crippen molar-refractivity contribution in [3.05, 3.63) is 66.5 Å². The summed E-state index contributed by atoms with van der Waals surface area (Å²) in [5, 5.41) is 26.8. The third-order valence-electron chi connectivity index (χ3n) is 5.24. The third kappa shape index (κ3) is 4.61. The second-order valence-corrected chi connectivity index (χ2v) is 7.44. The molecule has 0 saturated carbocycles. The van der Waals surface area contributed by atoms with Crippen LogP contribution in [-0.4, -0.2) is 73.3 Å². The molecule has 0 unspecified atom stereocenters. The van der Waals surface area contributed by atoms with Crippen LogP contribution in [0.25, 0.3) is 22.7 Å². The Morgan fingerprint density at radius 2 is 1.89 bits per heavy atom. The Hall–Kier alpha value is -5.07. The van der Waals surface area contributed by atoms with Crippen LogP contribution in [0.4, 0.5) is 0 Å². The van der Waals surface area contributed by atoms with Gasteiger partial charge in [0.1, 0.15) is 12.9 Å². The lowest BCUT2D eigenvalue weighted by Crippen LogP contribution is -2.28. The fraction of sp³-hybridized carbons (Fsp3) is 0.174. The first kappa shape index (κ1) is 22.7. The number of benzene rings is 2.